The van der Waals surface area contributed by atoms with E-state index < -0.39 is 0 Å². The van der Waals surface area contributed by atoms with Gasteiger partial charge in [0.15, 0.2) is 0 Å². The molecule has 1 aromatic rings. The fraction of sp³-hybridized carbons (Fsp3) is 0.571. The molecule has 90 valence electrons. The summed E-state index contributed by atoms with van der Waals surface area (Å²) in [5.74, 6) is 2.64. The van der Waals surface area contributed by atoms with E-state index in [-0.39, 0.29) is 0 Å². The van der Waals surface area contributed by atoms with Gasteiger partial charge in [-0.2, -0.15) is 5.26 Å². The van der Waals surface area contributed by atoms with Gasteiger partial charge in [0, 0.05) is 19.3 Å². The SMILES string of the molecule is CC(C)C1CCN(c2ccc(C#N)cn2)CC1. The Balaban J connectivity index is 1.98. The van der Waals surface area contributed by atoms with Gasteiger partial charge in [0.1, 0.15) is 11.9 Å². The summed E-state index contributed by atoms with van der Waals surface area (Å²) in [6.45, 7) is 6.78. The molecule has 2 rings (SSSR count). The van der Waals surface area contributed by atoms with Crippen molar-refractivity contribution in [3.8, 4) is 6.07 Å². The van der Waals surface area contributed by atoms with Crippen LogP contribution in [-0.4, -0.2) is 18.1 Å². The first-order valence-electron chi connectivity index (χ1n) is 6.32. The van der Waals surface area contributed by atoms with Gasteiger partial charge < -0.3 is 4.90 Å². The van der Waals surface area contributed by atoms with Crippen LogP contribution in [0.15, 0.2) is 18.3 Å². The predicted octanol–water partition coefficient (Wildman–Crippen LogP) is 2.83. The number of nitriles is 1. The number of anilines is 1. The van der Waals surface area contributed by atoms with Crippen molar-refractivity contribution < 1.29 is 0 Å². The maximum Gasteiger partial charge on any atom is 0.128 e. The van der Waals surface area contributed by atoms with Crippen LogP contribution in [0.4, 0.5) is 5.82 Å². The lowest BCUT2D eigenvalue weighted by molar-refractivity contribution is 0.310. The van der Waals surface area contributed by atoms with Crippen molar-refractivity contribution in [2.75, 3.05) is 18.0 Å². The number of aromatic nitrogens is 1. The van der Waals surface area contributed by atoms with Crippen molar-refractivity contribution in [2.45, 2.75) is 26.7 Å². The Bertz CT molecular complexity index is 394. The van der Waals surface area contributed by atoms with E-state index in [0.29, 0.717) is 5.56 Å². The Morgan fingerprint density at radius 1 is 1.35 bits per heavy atom. The molecular formula is C14H19N3. The van der Waals surface area contributed by atoms with E-state index in [1.165, 1.54) is 12.8 Å². The third-order valence-corrected chi connectivity index (χ3v) is 3.68. The summed E-state index contributed by atoms with van der Waals surface area (Å²) in [5.41, 5.74) is 0.630. The average Bonchev–Trinajstić information content (AvgIpc) is 2.39. The number of hydrogen-bond donors (Lipinski definition) is 0. The summed E-state index contributed by atoms with van der Waals surface area (Å²) >= 11 is 0. The van der Waals surface area contributed by atoms with E-state index in [1.807, 2.05) is 12.1 Å². The van der Waals surface area contributed by atoms with Gasteiger partial charge in [-0.05, 0) is 36.8 Å². The minimum Gasteiger partial charge on any atom is -0.357 e. The molecule has 0 unspecified atom stereocenters. The molecule has 1 fully saturated rings. The molecule has 0 bridgehead atoms. The lowest BCUT2D eigenvalue weighted by Crippen LogP contribution is -2.35. The highest BCUT2D eigenvalue weighted by Crippen LogP contribution is 2.26. The molecule has 2 heterocycles. The lowest BCUT2D eigenvalue weighted by Gasteiger charge is -2.34. The molecular weight excluding hydrogens is 210 g/mol. The Kier molecular flexibility index (Phi) is 3.63. The van der Waals surface area contributed by atoms with Gasteiger partial charge in [-0.15, -0.1) is 0 Å². The molecule has 0 radical (unpaired) electrons. The number of hydrogen-bond acceptors (Lipinski definition) is 3. The van der Waals surface area contributed by atoms with Crippen LogP contribution in [0.5, 0.6) is 0 Å². The molecule has 0 spiro atoms. The van der Waals surface area contributed by atoms with Crippen molar-refractivity contribution in [1.29, 1.82) is 5.26 Å². The number of piperidine rings is 1. The highest BCUT2D eigenvalue weighted by molar-refractivity contribution is 5.42. The summed E-state index contributed by atoms with van der Waals surface area (Å²) in [7, 11) is 0. The van der Waals surface area contributed by atoms with Gasteiger partial charge in [0.05, 0.1) is 5.56 Å². The van der Waals surface area contributed by atoms with Crippen LogP contribution in [0.25, 0.3) is 0 Å². The van der Waals surface area contributed by atoms with Crippen molar-refractivity contribution in [3.05, 3.63) is 23.9 Å². The molecule has 0 atom stereocenters. The summed E-state index contributed by atoms with van der Waals surface area (Å²) in [6, 6.07) is 5.89. The molecule has 0 aromatic carbocycles. The molecule has 0 aliphatic carbocycles. The lowest BCUT2D eigenvalue weighted by atomic mass is 9.87. The predicted molar refractivity (Wildman–Crippen MR) is 68.7 cm³/mol. The second-order valence-corrected chi connectivity index (χ2v) is 5.09. The Morgan fingerprint density at radius 2 is 2.06 bits per heavy atom. The zero-order valence-electron chi connectivity index (χ0n) is 10.6. The van der Waals surface area contributed by atoms with Crippen molar-refractivity contribution in [1.82, 2.24) is 4.98 Å². The Hall–Kier alpha value is -1.56. The molecule has 0 amide bonds. The van der Waals surface area contributed by atoms with Crippen molar-refractivity contribution >= 4 is 5.82 Å². The van der Waals surface area contributed by atoms with Crippen LogP contribution in [0.2, 0.25) is 0 Å². The second kappa shape index (κ2) is 5.18. The number of pyridine rings is 1. The van der Waals surface area contributed by atoms with E-state index in [4.69, 9.17) is 5.26 Å². The van der Waals surface area contributed by atoms with E-state index in [2.05, 4.69) is 29.8 Å². The zero-order chi connectivity index (χ0) is 12.3. The highest BCUT2D eigenvalue weighted by atomic mass is 15.2. The fourth-order valence-electron chi connectivity index (χ4n) is 2.43. The van der Waals surface area contributed by atoms with Crippen molar-refractivity contribution in [2.24, 2.45) is 11.8 Å². The molecule has 3 nitrogen and oxygen atoms in total. The van der Waals surface area contributed by atoms with Crippen LogP contribution in [0.1, 0.15) is 32.3 Å². The Labute approximate surface area is 103 Å². The van der Waals surface area contributed by atoms with Crippen LogP contribution >= 0.6 is 0 Å². The first-order chi connectivity index (χ1) is 8.20. The maximum atomic E-state index is 8.73. The summed E-state index contributed by atoms with van der Waals surface area (Å²) < 4.78 is 0. The average molecular weight is 229 g/mol. The van der Waals surface area contributed by atoms with E-state index in [1.54, 1.807) is 6.20 Å². The smallest absolute Gasteiger partial charge is 0.128 e. The third kappa shape index (κ3) is 2.76. The van der Waals surface area contributed by atoms with E-state index in [0.717, 1.165) is 30.7 Å². The van der Waals surface area contributed by atoms with Gasteiger partial charge >= 0.3 is 0 Å². The molecule has 0 N–H and O–H groups in total. The quantitative estimate of drug-likeness (QED) is 0.783. The summed E-state index contributed by atoms with van der Waals surface area (Å²) in [5, 5.41) is 8.73. The summed E-state index contributed by atoms with van der Waals surface area (Å²) in [4.78, 5) is 6.67. The number of rotatable bonds is 2. The maximum absolute atomic E-state index is 8.73. The zero-order valence-corrected chi connectivity index (χ0v) is 10.6. The molecule has 17 heavy (non-hydrogen) atoms. The third-order valence-electron chi connectivity index (χ3n) is 3.68. The van der Waals surface area contributed by atoms with Crippen LogP contribution in [-0.2, 0) is 0 Å². The van der Waals surface area contributed by atoms with Gasteiger partial charge in [-0.25, -0.2) is 4.98 Å². The number of nitrogens with zero attached hydrogens (tertiary/aromatic N) is 3. The van der Waals surface area contributed by atoms with Crippen LogP contribution in [0.3, 0.4) is 0 Å². The van der Waals surface area contributed by atoms with Crippen LogP contribution in [0, 0.1) is 23.2 Å². The minimum absolute atomic E-state index is 0.630. The van der Waals surface area contributed by atoms with Crippen molar-refractivity contribution in [3.63, 3.8) is 0 Å². The second-order valence-electron chi connectivity index (χ2n) is 5.09. The standard InChI is InChI=1S/C14H19N3/c1-11(2)13-5-7-17(8-6-13)14-4-3-12(9-15)10-16-14/h3-4,10-11,13H,5-8H2,1-2H3. The summed E-state index contributed by atoms with van der Waals surface area (Å²) in [6.07, 6.45) is 4.16. The minimum atomic E-state index is 0.630. The Morgan fingerprint density at radius 3 is 2.53 bits per heavy atom. The highest BCUT2D eigenvalue weighted by Gasteiger charge is 2.22. The molecule has 1 aliphatic rings. The molecule has 1 saturated heterocycles. The van der Waals surface area contributed by atoms with Gasteiger partial charge in [0.25, 0.3) is 0 Å². The van der Waals surface area contributed by atoms with Gasteiger partial charge in [-0.1, -0.05) is 13.8 Å². The van der Waals surface area contributed by atoms with Gasteiger partial charge in [0.2, 0.25) is 0 Å². The monoisotopic (exact) mass is 229 g/mol. The van der Waals surface area contributed by atoms with Crippen LogP contribution < -0.4 is 4.90 Å². The van der Waals surface area contributed by atoms with Gasteiger partial charge in [-0.3, -0.25) is 0 Å². The van der Waals surface area contributed by atoms with E-state index in [9.17, 15) is 0 Å². The topological polar surface area (TPSA) is 39.9 Å². The molecule has 1 aliphatic heterocycles. The first kappa shape index (κ1) is 11.9. The molecule has 1 aromatic heterocycles. The molecule has 3 heteroatoms. The largest absolute Gasteiger partial charge is 0.357 e. The van der Waals surface area contributed by atoms with E-state index >= 15 is 0 Å². The first-order valence-corrected chi connectivity index (χ1v) is 6.32. The molecule has 0 saturated carbocycles. The normalized spacial score (nSPS) is 17.2. The fourth-order valence-corrected chi connectivity index (χ4v) is 2.43.